The zero-order valence-corrected chi connectivity index (χ0v) is 23.0. The van der Waals surface area contributed by atoms with Crippen LogP contribution in [-0.4, -0.2) is 56.2 Å². The van der Waals surface area contributed by atoms with Gasteiger partial charge in [0.15, 0.2) is 0 Å². The molecule has 6 nitrogen and oxygen atoms in total. The third-order valence-electron chi connectivity index (χ3n) is 6.60. The second kappa shape index (κ2) is 16.9. The molecule has 1 aliphatic heterocycles. The fraction of sp³-hybridized carbons (Fsp3) is 0.500. The molecular weight excluding hydrogens is 451 g/mol. The number of rotatable bonds is 14. The van der Waals surface area contributed by atoms with Gasteiger partial charge < -0.3 is 24.9 Å². The van der Waals surface area contributed by atoms with Gasteiger partial charge in [-0.3, -0.25) is 4.79 Å². The van der Waals surface area contributed by atoms with E-state index < -0.39 is 12.6 Å². The summed E-state index contributed by atoms with van der Waals surface area (Å²) >= 11 is 0. The number of likely N-dealkylation sites (tertiary alicyclic amines) is 1. The monoisotopic (exact) mass is 488 g/mol. The van der Waals surface area contributed by atoms with Crippen molar-refractivity contribution in [3.05, 3.63) is 71.8 Å². The smallest absolute Gasteiger partial charge is 0.548 e. The van der Waals surface area contributed by atoms with Crippen LogP contribution in [0.5, 0.6) is 0 Å². The topological polar surface area (TPSA) is 81.7 Å². The van der Waals surface area contributed by atoms with E-state index in [4.69, 9.17) is 4.74 Å². The number of carboxylic acid groups (broad SMARTS) is 1. The summed E-state index contributed by atoms with van der Waals surface area (Å²) in [5, 5.41) is 13.0. The van der Waals surface area contributed by atoms with E-state index >= 15 is 0 Å². The van der Waals surface area contributed by atoms with Gasteiger partial charge in [-0.15, -0.1) is 0 Å². The maximum atomic E-state index is 11.5. The number of carbonyl (C=O) groups is 2. The Kier molecular flexibility index (Phi) is 14.2. The minimum Gasteiger partial charge on any atom is -0.548 e. The number of nitrogens with one attached hydrogen (secondary N) is 1. The van der Waals surface area contributed by atoms with Crippen molar-refractivity contribution in [3.8, 4) is 0 Å². The van der Waals surface area contributed by atoms with Crippen LogP contribution in [0.25, 0.3) is 0 Å². The first-order valence-electron chi connectivity index (χ1n) is 12.5. The molecule has 0 spiro atoms. The second-order valence-electron chi connectivity index (χ2n) is 9.11. The number of carbonyl (C=O) groups excluding carboxylic acids is 2. The van der Waals surface area contributed by atoms with Gasteiger partial charge in [-0.1, -0.05) is 73.5 Å². The Morgan fingerprint density at radius 3 is 2.03 bits per heavy atom. The average Bonchev–Trinajstić information content (AvgIpc) is 2.85. The van der Waals surface area contributed by atoms with Crippen LogP contribution in [0.15, 0.2) is 60.7 Å². The van der Waals surface area contributed by atoms with E-state index in [-0.39, 0.29) is 42.1 Å². The number of nitrogens with zero attached hydrogens (tertiary/aromatic N) is 1. The summed E-state index contributed by atoms with van der Waals surface area (Å²) in [6, 6.07) is 21.9. The fourth-order valence-corrected chi connectivity index (χ4v) is 4.89. The molecule has 1 aliphatic rings. The third-order valence-corrected chi connectivity index (χ3v) is 6.60. The number of benzene rings is 2. The summed E-state index contributed by atoms with van der Waals surface area (Å²) in [4.78, 5) is 24.4. The minimum absolute atomic E-state index is 0. The Bertz CT molecular complexity index is 818. The molecule has 2 aromatic rings. The molecule has 1 N–H and O–H groups in total. The van der Waals surface area contributed by atoms with Crippen molar-refractivity contribution in [1.29, 1.82) is 0 Å². The van der Waals surface area contributed by atoms with Crippen LogP contribution in [0.3, 0.4) is 0 Å². The van der Waals surface area contributed by atoms with Crippen molar-refractivity contribution in [2.45, 2.75) is 44.4 Å². The molecule has 1 amide bonds. The first kappa shape index (κ1) is 29.5. The van der Waals surface area contributed by atoms with Crippen molar-refractivity contribution >= 4 is 11.9 Å². The predicted molar refractivity (Wildman–Crippen MR) is 131 cm³/mol. The molecular formula is C28H37N2NaO4. The Morgan fingerprint density at radius 1 is 0.886 bits per heavy atom. The Morgan fingerprint density at radius 2 is 1.46 bits per heavy atom. The Balaban J connectivity index is 0.00000432. The van der Waals surface area contributed by atoms with E-state index in [0.717, 1.165) is 38.9 Å². The van der Waals surface area contributed by atoms with E-state index in [1.165, 1.54) is 30.4 Å². The molecule has 3 rings (SSSR count). The Labute approximate surface area is 231 Å². The molecule has 35 heavy (non-hydrogen) atoms. The van der Waals surface area contributed by atoms with Crippen LogP contribution in [0.1, 0.15) is 55.6 Å². The van der Waals surface area contributed by atoms with E-state index in [0.29, 0.717) is 18.4 Å². The number of amides is 1. The summed E-state index contributed by atoms with van der Waals surface area (Å²) in [6.45, 7) is 3.26. The van der Waals surface area contributed by atoms with Gasteiger partial charge in [0.05, 0.1) is 12.6 Å². The fourth-order valence-electron chi connectivity index (χ4n) is 4.89. The SMILES string of the molecule is O=C([O-])COCC(=O)NCCCCCCN1CCC(C(c2ccccc2)c2ccccc2)CC1.[Na+]. The van der Waals surface area contributed by atoms with Crippen LogP contribution < -0.4 is 40.0 Å². The van der Waals surface area contributed by atoms with Crippen molar-refractivity contribution in [2.24, 2.45) is 5.92 Å². The average molecular weight is 489 g/mol. The predicted octanol–water partition coefficient (Wildman–Crippen LogP) is -0.0224. The summed E-state index contributed by atoms with van der Waals surface area (Å²) in [5.74, 6) is -0.468. The summed E-state index contributed by atoms with van der Waals surface area (Å²) in [5.41, 5.74) is 2.84. The zero-order chi connectivity index (χ0) is 24.0. The van der Waals surface area contributed by atoms with Crippen LogP contribution >= 0.6 is 0 Å². The van der Waals surface area contributed by atoms with Gasteiger partial charge in [-0.05, 0) is 62.4 Å². The van der Waals surface area contributed by atoms with Crippen LogP contribution in [0.4, 0.5) is 0 Å². The largest absolute Gasteiger partial charge is 1.00 e. The molecule has 0 atom stereocenters. The van der Waals surface area contributed by atoms with Crippen LogP contribution in [0.2, 0.25) is 0 Å². The molecule has 2 aromatic carbocycles. The van der Waals surface area contributed by atoms with Crippen molar-refractivity contribution in [3.63, 3.8) is 0 Å². The molecule has 0 unspecified atom stereocenters. The minimum atomic E-state index is -1.32. The molecule has 1 fully saturated rings. The molecule has 7 heteroatoms. The zero-order valence-electron chi connectivity index (χ0n) is 21.0. The number of hydrogen-bond acceptors (Lipinski definition) is 5. The molecule has 0 bridgehead atoms. The van der Waals surface area contributed by atoms with E-state index in [1.54, 1.807) is 0 Å². The van der Waals surface area contributed by atoms with Crippen LogP contribution in [-0.2, 0) is 14.3 Å². The second-order valence-corrected chi connectivity index (χ2v) is 9.11. The van der Waals surface area contributed by atoms with Crippen molar-refractivity contribution < 1.29 is 49.0 Å². The van der Waals surface area contributed by atoms with Gasteiger partial charge in [0, 0.05) is 12.5 Å². The van der Waals surface area contributed by atoms with Crippen molar-refractivity contribution in [1.82, 2.24) is 10.2 Å². The number of carboxylic acids is 1. The van der Waals surface area contributed by atoms with Crippen molar-refractivity contribution in [2.75, 3.05) is 39.4 Å². The number of aliphatic carboxylic acids is 1. The van der Waals surface area contributed by atoms with Crippen LogP contribution in [0, 0.1) is 5.92 Å². The van der Waals surface area contributed by atoms with Gasteiger partial charge in [0.1, 0.15) is 6.61 Å². The van der Waals surface area contributed by atoms with E-state index in [1.807, 2.05) is 0 Å². The Hall–Kier alpha value is -1.70. The standard InChI is InChI=1S/C28H38N2O4.Na/c31-26(21-34-22-27(32)33)29-17-9-1-2-10-18-30-19-15-25(16-20-30)28(23-11-5-3-6-12-23)24-13-7-4-8-14-24;/h3-8,11-14,25,28H,1-2,9-10,15-22H2,(H,29,31)(H,32,33);/q;+1/p-1. The van der Waals surface area contributed by atoms with Gasteiger partial charge >= 0.3 is 29.6 Å². The van der Waals surface area contributed by atoms with Gasteiger partial charge in [-0.25, -0.2) is 0 Å². The van der Waals surface area contributed by atoms with Gasteiger partial charge in [-0.2, -0.15) is 0 Å². The number of ether oxygens (including phenoxy) is 1. The number of unbranched alkanes of at least 4 members (excludes halogenated alkanes) is 3. The maximum absolute atomic E-state index is 11.5. The molecule has 0 saturated carbocycles. The first-order chi connectivity index (χ1) is 16.6. The third kappa shape index (κ3) is 10.8. The molecule has 0 radical (unpaired) electrons. The molecule has 1 heterocycles. The summed E-state index contributed by atoms with van der Waals surface area (Å²) in [7, 11) is 0. The molecule has 0 aromatic heterocycles. The number of piperidine rings is 1. The number of hydrogen-bond donors (Lipinski definition) is 1. The van der Waals surface area contributed by atoms with E-state index in [9.17, 15) is 14.7 Å². The summed E-state index contributed by atoms with van der Waals surface area (Å²) in [6.07, 6.45) is 6.76. The molecule has 0 aliphatic carbocycles. The van der Waals surface area contributed by atoms with E-state index in [2.05, 4.69) is 70.9 Å². The quantitative estimate of drug-likeness (QED) is 0.299. The first-order valence-corrected chi connectivity index (χ1v) is 12.5. The molecule has 1 saturated heterocycles. The van der Waals surface area contributed by atoms with Gasteiger partial charge in [0.25, 0.3) is 0 Å². The molecule has 184 valence electrons. The maximum Gasteiger partial charge on any atom is 1.00 e. The summed E-state index contributed by atoms with van der Waals surface area (Å²) < 4.78 is 4.71. The van der Waals surface area contributed by atoms with Gasteiger partial charge in [0.2, 0.25) is 5.91 Å². The normalized spacial score (nSPS) is 14.4.